The van der Waals surface area contributed by atoms with E-state index in [9.17, 15) is 37.4 Å². The van der Waals surface area contributed by atoms with Crippen LogP contribution >= 0.6 is 0 Å². The lowest BCUT2D eigenvalue weighted by Crippen LogP contribution is -2.49. The Kier molecular flexibility index (Phi) is 6.74. The first-order valence-corrected chi connectivity index (χ1v) is 12.4. The Morgan fingerprint density at radius 1 is 1.05 bits per heavy atom. The van der Waals surface area contributed by atoms with Gasteiger partial charge in [0.2, 0.25) is 0 Å². The highest BCUT2D eigenvalue weighted by molar-refractivity contribution is 5.94. The van der Waals surface area contributed by atoms with Crippen LogP contribution in [-0.2, 0) is 12.1 Å². The summed E-state index contributed by atoms with van der Waals surface area (Å²) in [4.78, 5) is 31.8. The van der Waals surface area contributed by atoms with Crippen molar-refractivity contribution in [3.05, 3.63) is 88.4 Å². The van der Waals surface area contributed by atoms with Gasteiger partial charge in [-0.3, -0.25) is 14.2 Å². The number of aromatic nitrogens is 4. The van der Waals surface area contributed by atoms with E-state index in [1.165, 1.54) is 63.1 Å². The van der Waals surface area contributed by atoms with E-state index in [-0.39, 0.29) is 54.6 Å². The molecule has 0 radical (unpaired) electrons. The number of benzene rings is 2. The van der Waals surface area contributed by atoms with E-state index in [0.717, 1.165) is 12.1 Å². The molecule has 2 aromatic carbocycles. The number of aliphatic hydroxyl groups is 2. The van der Waals surface area contributed by atoms with Crippen molar-refractivity contribution in [1.82, 2.24) is 24.2 Å². The molecule has 0 bridgehead atoms. The SMILES string of the molecule is C[C@](O)(c1ccc(C(=O)N2CCC(O)(Cn3cnc4c(cnn4-c4ccc(F)cc4)c3=O)CC2)cc1)C(F)(F)F. The molecule has 1 amide bonds. The Morgan fingerprint density at radius 2 is 1.68 bits per heavy atom. The third-order valence-electron chi connectivity index (χ3n) is 7.32. The fourth-order valence-electron chi connectivity index (χ4n) is 4.72. The second kappa shape index (κ2) is 9.82. The van der Waals surface area contributed by atoms with Crippen LogP contribution in [0.5, 0.6) is 0 Å². The zero-order valence-corrected chi connectivity index (χ0v) is 21.3. The van der Waals surface area contributed by atoms with Gasteiger partial charge in [-0.25, -0.2) is 14.1 Å². The van der Waals surface area contributed by atoms with Crippen LogP contribution in [-0.4, -0.2) is 65.2 Å². The first kappa shape index (κ1) is 27.5. The minimum atomic E-state index is -4.87. The molecule has 3 heterocycles. The molecule has 0 spiro atoms. The van der Waals surface area contributed by atoms with Gasteiger partial charge in [0.15, 0.2) is 11.2 Å². The predicted molar refractivity (Wildman–Crippen MR) is 135 cm³/mol. The van der Waals surface area contributed by atoms with Gasteiger partial charge in [-0.05, 0) is 61.7 Å². The predicted octanol–water partition coefficient (Wildman–Crippen LogP) is 3.16. The maximum atomic E-state index is 13.3. The zero-order valence-electron chi connectivity index (χ0n) is 21.3. The molecule has 1 aliphatic heterocycles. The summed E-state index contributed by atoms with van der Waals surface area (Å²) in [5.41, 5.74) is -4.20. The van der Waals surface area contributed by atoms with E-state index < -0.39 is 34.7 Å². The van der Waals surface area contributed by atoms with Gasteiger partial charge < -0.3 is 15.1 Å². The smallest absolute Gasteiger partial charge is 0.388 e. The van der Waals surface area contributed by atoms with Gasteiger partial charge in [-0.2, -0.15) is 18.3 Å². The maximum absolute atomic E-state index is 13.3. The van der Waals surface area contributed by atoms with Crippen LogP contribution in [0, 0.1) is 5.82 Å². The molecule has 2 N–H and O–H groups in total. The van der Waals surface area contributed by atoms with E-state index in [1.54, 1.807) is 0 Å². The van der Waals surface area contributed by atoms with Crippen molar-refractivity contribution in [1.29, 1.82) is 0 Å². The van der Waals surface area contributed by atoms with Crippen LogP contribution in [0.4, 0.5) is 17.6 Å². The highest BCUT2D eigenvalue weighted by Gasteiger charge is 2.51. The topological polar surface area (TPSA) is 113 Å². The number of hydrogen-bond donors (Lipinski definition) is 2. The molecule has 0 saturated carbocycles. The van der Waals surface area contributed by atoms with Crippen LogP contribution in [0.25, 0.3) is 16.7 Å². The van der Waals surface area contributed by atoms with Gasteiger partial charge in [0.25, 0.3) is 11.5 Å². The van der Waals surface area contributed by atoms with E-state index in [4.69, 9.17) is 0 Å². The molecule has 1 fully saturated rings. The molecule has 2 aromatic heterocycles. The Hall–Kier alpha value is -4.10. The average Bonchev–Trinajstić information content (AvgIpc) is 3.35. The van der Waals surface area contributed by atoms with Crippen molar-refractivity contribution >= 4 is 16.9 Å². The van der Waals surface area contributed by atoms with Crippen molar-refractivity contribution in [3.63, 3.8) is 0 Å². The summed E-state index contributed by atoms with van der Waals surface area (Å²) in [6.07, 6.45) is -1.91. The zero-order chi connectivity index (χ0) is 28.9. The van der Waals surface area contributed by atoms with Crippen LogP contribution in [0.3, 0.4) is 0 Å². The van der Waals surface area contributed by atoms with Crippen LogP contribution in [0.1, 0.15) is 35.7 Å². The Labute approximate surface area is 224 Å². The summed E-state index contributed by atoms with van der Waals surface area (Å²) in [6.45, 7) is 0.889. The molecule has 40 heavy (non-hydrogen) atoms. The summed E-state index contributed by atoms with van der Waals surface area (Å²) < 4.78 is 55.2. The second-order valence-electron chi connectivity index (χ2n) is 10.1. The fourth-order valence-corrected chi connectivity index (χ4v) is 4.72. The fraction of sp³-hybridized carbons (Fsp3) is 0.333. The maximum Gasteiger partial charge on any atom is 0.421 e. The third kappa shape index (κ3) is 4.97. The van der Waals surface area contributed by atoms with Gasteiger partial charge in [0.1, 0.15) is 17.5 Å². The largest absolute Gasteiger partial charge is 0.421 e. The second-order valence-corrected chi connectivity index (χ2v) is 10.1. The molecule has 1 aliphatic rings. The third-order valence-corrected chi connectivity index (χ3v) is 7.32. The van der Waals surface area contributed by atoms with Crippen molar-refractivity contribution < 1.29 is 32.6 Å². The van der Waals surface area contributed by atoms with E-state index >= 15 is 0 Å². The lowest BCUT2D eigenvalue weighted by molar-refractivity contribution is -0.258. The number of fused-ring (bicyclic) bond motifs is 1. The number of carbonyl (C=O) groups excluding carboxylic acids is 1. The minimum Gasteiger partial charge on any atom is -0.388 e. The quantitative estimate of drug-likeness (QED) is 0.364. The average molecular weight is 560 g/mol. The number of carbonyl (C=O) groups is 1. The molecular formula is C27H25F4N5O4. The normalized spacial score (nSPS) is 17.1. The molecule has 9 nitrogen and oxygen atoms in total. The molecular weight excluding hydrogens is 534 g/mol. The van der Waals surface area contributed by atoms with Gasteiger partial charge >= 0.3 is 6.18 Å². The molecule has 0 unspecified atom stereocenters. The molecule has 4 aromatic rings. The van der Waals surface area contributed by atoms with Gasteiger partial charge in [-0.15, -0.1) is 0 Å². The molecule has 0 aliphatic carbocycles. The highest BCUT2D eigenvalue weighted by atomic mass is 19.4. The van der Waals surface area contributed by atoms with Gasteiger partial charge in [0, 0.05) is 18.7 Å². The van der Waals surface area contributed by atoms with Crippen LogP contribution < -0.4 is 5.56 Å². The Morgan fingerprint density at radius 3 is 2.27 bits per heavy atom. The molecule has 1 atom stereocenters. The van der Waals surface area contributed by atoms with Crippen molar-refractivity contribution in [2.24, 2.45) is 0 Å². The molecule has 1 saturated heterocycles. The Bertz CT molecular complexity index is 1600. The standard InChI is InChI=1S/C27H25F4N5O4/c1-25(39,27(29,30)31)18-4-2-17(3-5-18)23(37)34-12-10-26(40,11-13-34)15-35-16-32-22-21(24(35)38)14-33-36(22)20-8-6-19(28)7-9-20/h2-9,14,16,39-40H,10-13,15H2,1H3/t25-/m0/s1. The van der Waals surface area contributed by atoms with E-state index in [2.05, 4.69) is 10.1 Å². The Balaban J connectivity index is 1.26. The van der Waals surface area contributed by atoms with Crippen molar-refractivity contribution in [2.75, 3.05) is 13.1 Å². The summed E-state index contributed by atoms with van der Waals surface area (Å²) in [5.74, 6) is -0.835. The van der Waals surface area contributed by atoms with Gasteiger partial charge in [-0.1, -0.05) is 12.1 Å². The molecule has 5 rings (SSSR count). The minimum absolute atomic E-state index is 0.0697. The number of likely N-dealkylation sites (tertiary alicyclic amines) is 1. The number of rotatable bonds is 5. The van der Waals surface area contributed by atoms with Crippen molar-refractivity contribution in [2.45, 2.75) is 43.7 Å². The number of alkyl halides is 3. The van der Waals surface area contributed by atoms with Gasteiger partial charge in [0.05, 0.1) is 24.0 Å². The number of halogens is 4. The molecule has 13 heteroatoms. The number of nitrogens with zero attached hydrogens (tertiary/aromatic N) is 5. The summed E-state index contributed by atoms with van der Waals surface area (Å²) in [5, 5.41) is 25.4. The number of piperidine rings is 1. The van der Waals surface area contributed by atoms with E-state index in [1.807, 2.05) is 0 Å². The van der Waals surface area contributed by atoms with E-state index in [0.29, 0.717) is 12.6 Å². The summed E-state index contributed by atoms with van der Waals surface area (Å²) in [6, 6.07) is 10.1. The van der Waals surface area contributed by atoms with Crippen LogP contribution in [0.2, 0.25) is 0 Å². The van der Waals surface area contributed by atoms with Crippen LogP contribution in [0.15, 0.2) is 65.8 Å². The molecule has 210 valence electrons. The summed E-state index contributed by atoms with van der Waals surface area (Å²) >= 11 is 0. The summed E-state index contributed by atoms with van der Waals surface area (Å²) in [7, 11) is 0. The van der Waals surface area contributed by atoms with Crippen molar-refractivity contribution in [3.8, 4) is 5.69 Å². The lowest BCUT2D eigenvalue weighted by atomic mass is 9.90. The number of amides is 1. The first-order valence-electron chi connectivity index (χ1n) is 12.4. The number of hydrogen-bond acceptors (Lipinski definition) is 6. The lowest BCUT2D eigenvalue weighted by Gasteiger charge is -2.38. The monoisotopic (exact) mass is 559 g/mol. The highest BCUT2D eigenvalue weighted by Crippen LogP contribution is 2.38. The first-order chi connectivity index (χ1) is 18.8.